The molecule has 0 aliphatic carbocycles. The van der Waals surface area contributed by atoms with Crippen LogP contribution in [-0.4, -0.2) is 54.2 Å². The Kier molecular flexibility index (Phi) is 7.21. The van der Waals surface area contributed by atoms with Crippen LogP contribution in [0.5, 0.6) is 0 Å². The van der Waals surface area contributed by atoms with Crippen molar-refractivity contribution in [2.45, 2.75) is 36.2 Å². The summed E-state index contributed by atoms with van der Waals surface area (Å²) in [4.78, 5) is 22.5. The SMILES string of the molecule is O=C(c1ccc(F)cc1Cl)N1CC2CCC(C1)N2c1cc(SNCCCF)cc(Cl)n1. The van der Waals surface area contributed by atoms with Crippen LogP contribution in [-0.2, 0) is 0 Å². The maximum absolute atomic E-state index is 13.4. The van der Waals surface area contributed by atoms with E-state index in [9.17, 15) is 13.6 Å². The van der Waals surface area contributed by atoms with Gasteiger partial charge in [-0.15, -0.1) is 0 Å². The van der Waals surface area contributed by atoms with Crippen LogP contribution in [0.3, 0.4) is 0 Å². The molecule has 3 heterocycles. The lowest BCUT2D eigenvalue weighted by atomic mass is 10.1. The van der Waals surface area contributed by atoms with E-state index in [0.717, 1.165) is 29.6 Å². The zero-order valence-corrected chi connectivity index (χ0v) is 19.0. The summed E-state index contributed by atoms with van der Waals surface area (Å²) in [6.07, 6.45) is 2.34. The standard InChI is InChI=1S/C21H22Cl2F2N4OS/c22-18-8-13(25)2-5-17(18)21(30)28-11-14-3-4-15(12-28)29(14)20-10-16(9-19(23)27-20)31-26-7-1-6-24/h2,5,8-10,14-15,26H,1,3-4,6-7,11-12H2. The number of aromatic nitrogens is 1. The minimum absolute atomic E-state index is 0.116. The smallest absolute Gasteiger partial charge is 0.255 e. The Labute approximate surface area is 194 Å². The number of carbonyl (C=O) groups is 1. The summed E-state index contributed by atoms with van der Waals surface area (Å²) >= 11 is 13.8. The number of benzene rings is 1. The second-order valence-electron chi connectivity index (χ2n) is 7.65. The molecule has 1 aromatic carbocycles. The maximum atomic E-state index is 13.4. The Morgan fingerprint density at radius 1 is 1.19 bits per heavy atom. The van der Waals surface area contributed by atoms with Crippen molar-refractivity contribution in [1.82, 2.24) is 14.6 Å². The molecule has 2 aliphatic rings. The molecular formula is C21H22Cl2F2N4OS. The van der Waals surface area contributed by atoms with Crippen molar-refractivity contribution in [2.75, 3.05) is 31.2 Å². The van der Waals surface area contributed by atoms with Crippen molar-refractivity contribution in [1.29, 1.82) is 0 Å². The first kappa shape index (κ1) is 22.6. The third-order valence-electron chi connectivity index (χ3n) is 5.55. The van der Waals surface area contributed by atoms with E-state index in [1.54, 1.807) is 11.0 Å². The number of anilines is 1. The van der Waals surface area contributed by atoms with E-state index in [-0.39, 0.29) is 29.7 Å². The summed E-state index contributed by atoms with van der Waals surface area (Å²) in [6, 6.07) is 7.83. The van der Waals surface area contributed by atoms with Crippen LogP contribution in [0.4, 0.5) is 14.6 Å². The van der Waals surface area contributed by atoms with Crippen LogP contribution in [0.15, 0.2) is 35.2 Å². The van der Waals surface area contributed by atoms with Gasteiger partial charge in [0.2, 0.25) is 0 Å². The van der Waals surface area contributed by atoms with Crippen LogP contribution in [0.25, 0.3) is 0 Å². The molecule has 2 unspecified atom stereocenters. The first-order chi connectivity index (χ1) is 15.0. The number of nitrogens with one attached hydrogen (secondary N) is 1. The fourth-order valence-corrected chi connectivity index (χ4v) is 5.47. The third kappa shape index (κ3) is 5.08. The lowest BCUT2D eigenvalue weighted by Crippen LogP contribution is -2.55. The van der Waals surface area contributed by atoms with E-state index in [1.165, 1.54) is 24.1 Å². The summed E-state index contributed by atoms with van der Waals surface area (Å²) in [5.41, 5.74) is 0.315. The van der Waals surface area contributed by atoms with Crippen LogP contribution in [0.2, 0.25) is 10.2 Å². The highest BCUT2D eigenvalue weighted by atomic mass is 35.5. The number of amides is 1. The van der Waals surface area contributed by atoms with Gasteiger partial charge in [0.1, 0.15) is 16.8 Å². The van der Waals surface area contributed by atoms with Gasteiger partial charge in [-0.3, -0.25) is 13.9 Å². The quantitative estimate of drug-likeness (QED) is 0.339. The molecule has 2 aromatic rings. The lowest BCUT2D eigenvalue weighted by Gasteiger charge is -2.42. The zero-order valence-electron chi connectivity index (χ0n) is 16.7. The predicted octanol–water partition coefficient (Wildman–Crippen LogP) is 4.98. The average molecular weight is 487 g/mol. The second-order valence-corrected chi connectivity index (χ2v) is 9.41. The normalized spacial score (nSPS) is 20.4. The van der Waals surface area contributed by atoms with E-state index in [1.807, 2.05) is 6.07 Å². The molecule has 2 aliphatic heterocycles. The number of rotatable bonds is 7. The number of likely N-dealkylation sites (tertiary alicyclic amines) is 1. The van der Waals surface area contributed by atoms with Crippen LogP contribution >= 0.6 is 35.1 Å². The van der Waals surface area contributed by atoms with Crippen LogP contribution in [0, 0.1) is 5.82 Å². The number of hydrogen-bond acceptors (Lipinski definition) is 5. The highest BCUT2D eigenvalue weighted by molar-refractivity contribution is 7.97. The Balaban J connectivity index is 1.48. The average Bonchev–Trinajstić information content (AvgIpc) is 3.00. The first-order valence-corrected chi connectivity index (χ1v) is 11.7. The molecule has 166 valence electrons. The van der Waals surface area contributed by atoms with Gasteiger partial charge in [-0.25, -0.2) is 9.37 Å². The van der Waals surface area contributed by atoms with Crippen molar-refractivity contribution in [3.63, 3.8) is 0 Å². The van der Waals surface area contributed by atoms with E-state index in [4.69, 9.17) is 23.2 Å². The molecule has 4 rings (SSSR count). The lowest BCUT2D eigenvalue weighted by molar-refractivity contribution is 0.0717. The molecule has 0 saturated carbocycles. The summed E-state index contributed by atoms with van der Waals surface area (Å²) < 4.78 is 28.8. The number of halogens is 4. The van der Waals surface area contributed by atoms with Gasteiger partial charge in [0.05, 0.1) is 17.3 Å². The topological polar surface area (TPSA) is 48.5 Å². The number of piperazine rings is 1. The summed E-state index contributed by atoms with van der Waals surface area (Å²) in [6.45, 7) is 1.28. The van der Waals surface area contributed by atoms with Gasteiger partial charge in [-0.05, 0) is 61.5 Å². The van der Waals surface area contributed by atoms with Crippen molar-refractivity contribution in [3.05, 3.63) is 51.9 Å². The minimum atomic E-state index is -0.466. The van der Waals surface area contributed by atoms with Gasteiger partial charge >= 0.3 is 0 Å². The molecular weight excluding hydrogens is 465 g/mol. The zero-order chi connectivity index (χ0) is 22.0. The van der Waals surface area contributed by atoms with Crippen LogP contribution in [0.1, 0.15) is 29.6 Å². The molecule has 2 atom stereocenters. The largest absolute Gasteiger partial charge is 0.347 e. The number of hydrogen-bond donors (Lipinski definition) is 1. The molecule has 2 saturated heterocycles. The number of pyridine rings is 1. The van der Waals surface area contributed by atoms with Crippen molar-refractivity contribution < 1.29 is 13.6 Å². The van der Waals surface area contributed by atoms with Gasteiger partial charge < -0.3 is 9.80 Å². The Morgan fingerprint density at radius 2 is 1.94 bits per heavy atom. The fraction of sp³-hybridized carbons (Fsp3) is 0.429. The number of carbonyl (C=O) groups excluding carboxylic acids is 1. The minimum Gasteiger partial charge on any atom is -0.347 e. The summed E-state index contributed by atoms with van der Waals surface area (Å²) in [7, 11) is 0. The van der Waals surface area contributed by atoms with E-state index in [0.29, 0.717) is 36.8 Å². The Bertz CT molecular complexity index is 953. The highest BCUT2D eigenvalue weighted by Crippen LogP contribution is 2.36. The second kappa shape index (κ2) is 9.90. The van der Waals surface area contributed by atoms with Crippen molar-refractivity contribution in [3.8, 4) is 0 Å². The number of alkyl halides is 1. The van der Waals surface area contributed by atoms with E-state index >= 15 is 0 Å². The first-order valence-electron chi connectivity index (χ1n) is 10.1. The molecule has 31 heavy (non-hydrogen) atoms. The molecule has 1 N–H and O–H groups in total. The molecule has 5 nitrogen and oxygen atoms in total. The van der Waals surface area contributed by atoms with Gasteiger partial charge in [0.25, 0.3) is 5.91 Å². The van der Waals surface area contributed by atoms with Crippen molar-refractivity contribution in [2.24, 2.45) is 0 Å². The van der Waals surface area contributed by atoms with Gasteiger partial charge in [0, 0.05) is 36.6 Å². The molecule has 0 spiro atoms. The maximum Gasteiger partial charge on any atom is 0.255 e. The molecule has 1 amide bonds. The molecule has 0 radical (unpaired) electrons. The van der Waals surface area contributed by atoms with Crippen LogP contribution < -0.4 is 9.62 Å². The fourth-order valence-electron chi connectivity index (χ4n) is 4.20. The summed E-state index contributed by atoms with van der Waals surface area (Å²) in [5, 5.41) is 0.515. The van der Waals surface area contributed by atoms with Gasteiger partial charge in [-0.1, -0.05) is 23.2 Å². The number of fused-ring (bicyclic) bond motifs is 2. The van der Waals surface area contributed by atoms with Crippen molar-refractivity contribution >= 4 is 46.9 Å². The predicted molar refractivity (Wildman–Crippen MR) is 120 cm³/mol. The Hall–Kier alpha value is -1.61. The molecule has 10 heteroatoms. The molecule has 1 aromatic heterocycles. The van der Waals surface area contributed by atoms with Gasteiger partial charge in [0.15, 0.2) is 0 Å². The van der Waals surface area contributed by atoms with E-state index in [2.05, 4.69) is 14.6 Å². The molecule has 2 bridgehead atoms. The monoisotopic (exact) mass is 486 g/mol. The summed E-state index contributed by atoms with van der Waals surface area (Å²) in [5.74, 6) is 0.127. The number of nitrogens with zero attached hydrogens (tertiary/aromatic N) is 3. The Morgan fingerprint density at radius 3 is 2.61 bits per heavy atom. The highest BCUT2D eigenvalue weighted by Gasteiger charge is 2.42. The molecule has 2 fully saturated rings. The van der Waals surface area contributed by atoms with E-state index < -0.39 is 5.82 Å². The third-order valence-corrected chi connectivity index (χ3v) is 6.88. The van der Waals surface area contributed by atoms with Gasteiger partial charge in [-0.2, -0.15) is 0 Å².